The van der Waals surface area contributed by atoms with Crippen LogP contribution in [0, 0.1) is 0 Å². The van der Waals surface area contributed by atoms with Crippen LogP contribution in [0.2, 0.25) is 0 Å². The Bertz CT molecular complexity index is 1220. The van der Waals surface area contributed by atoms with Crippen LogP contribution < -0.4 is 10.6 Å². The molecule has 3 aromatic carbocycles. The Balaban J connectivity index is 1.35. The first-order valence-corrected chi connectivity index (χ1v) is 12.2. The molecule has 5 rings (SSSR count). The van der Waals surface area contributed by atoms with Gasteiger partial charge in [0, 0.05) is 0 Å². The minimum absolute atomic E-state index is 0.233. The summed E-state index contributed by atoms with van der Waals surface area (Å²) in [6, 6.07) is 23.8. The van der Waals surface area contributed by atoms with Crippen LogP contribution in [0.15, 0.2) is 78.9 Å². The highest BCUT2D eigenvalue weighted by Crippen LogP contribution is 2.36. The van der Waals surface area contributed by atoms with Crippen molar-refractivity contribution in [2.24, 2.45) is 0 Å². The molecule has 0 saturated carbocycles. The van der Waals surface area contributed by atoms with E-state index in [9.17, 15) is 14.4 Å². The Morgan fingerprint density at radius 3 is 2.14 bits per heavy atom. The second-order valence-electron chi connectivity index (χ2n) is 9.33. The number of nitrogens with one attached hydrogen (secondary N) is 2. The molecule has 3 aromatic rings. The highest BCUT2D eigenvalue weighted by atomic mass is 16.2. The summed E-state index contributed by atoms with van der Waals surface area (Å²) in [6.07, 6.45) is 4.58. The number of carbonyl (C=O) groups is 3. The number of fused-ring (bicyclic) bond motifs is 1. The number of rotatable bonds is 6. The van der Waals surface area contributed by atoms with E-state index >= 15 is 0 Å². The molecule has 0 spiro atoms. The van der Waals surface area contributed by atoms with Crippen LogP contribution in [0.4, 0.5) is 4.79 Å². The molecule has 6 nitrogen and oxygen atoms in total. The smallest absolute Gasteiger partial charge is 0.326 e. The van der Waals surface area contributed by atoms with Gasteiger partial charge in [-0.1, -0.05) is 78.9 Å². The van der Waals surface area contributed by atoms with Gasteiger partial charge in [-0.2, -0.15) is 0 Å². The first-order chi connectivity index (χ1) is 17.0. The lowest BCUT2D eigenvalue weighted by Crippen LogP contribution is -2.46. The maximum Gasteiger partial charge on any atom is 0.326 e. The predicted octanol–water partition coefficient (Wildman–Crippen LogP) is 4.24. The molecule has 1 heterocycles. The maximum atomic E-state index is 13.8. The highest BCUT2D eigenvalue weighted by molar-refractivity contribution is 6.11. The van der Waals surface area contributed by atoms with E-state index in [0.717, 1.165) is 23.3 Å². The zero-order chi connectivity index (χ0) is 24.4. The van der Waals surface area contributed by atoms with Crippen molar-refractivity contribution < 1.29 is 14.4 Å². The molecular formula is C29H29N3O3. The molecule has 35 heavy (non-hydrogen) atoms. The van der Waals surface area contributed by atoms with Crippen molar-refractivity contribution in [2.45, 2.75) is 44.2 Å². The first-order valence-electron chi connectivity index (χ1n) is 12.2. The number of aryl methyl sites for hydroxylation is 2. The van der Waals surface area contributed by atoms with Gasteiger partial charge in [0.1, 0.15) is 6.54 Å². The van der Waals surface area contributed by atoms with Crippen LogP contribution in [0.1, 0.15) is 53.6 Å². The number of hydrogen-bond donors (Lipinski definition) is 2. The summed E-state index contributed by atoms with van der Waals surface area (Å²) in [7, 11) is 0. The monoisotopic (exact) mass is 467 g/mol. The Hall–Kier alpha value is -3.93. The lowest BCUT2D eigenvalue weighted by molar-refractivity contribution is -0.134. The van der Waals surface area contributed by atoms with E-state index in [2.05, 4.69) is 28.8 Å². The standard InChI is InChI=1S/C29H29N3O3/c1-20(22-17-16-21-10-8-9-11-23(21)18-22)30-26(33)19-32-27(34)29(31-28(32)35,24-12-4-2-5-13-24)25-14-6-3-7-15-25/h2-7,12-18,20H,8-11,19H2,1H3,(H,30,33)(H,31,35)/t20-/m1/s1. The van der Waals surface area contributed by atoms with Crippen molar-refractivity contribution in [1.29, 1.82) is 0 Å². The third-order valence-electron chi connectivity index (χ3n) is 7.07. The number of amides is 4. The maximum absolute atomic E-state index is 13.8. The van der Waals surface area contributed by atoms with Crippen molar-refractivity contribution in [3.05, 3.63) is 107 Å². The summed E-state index contributed by atoms with van der Waals surface area (Å²) in [5, 5.41) is 5.85. The topological polar surface area (TPSA) is 78.5 Å². The highest BCUT2D eigenvalue weighted by Gasteiger charge is 2.54. The lowest BCUT2D eigenvalue weighted by atomic mass is 9.82. The summed E-state index contributed by atoms with van der Waals surface area (Å²) >= 11 is 0. The van der Waals surface area contributed by atoms with Crippen LogP contribution >= 0.6 is 0 Å². The summed E-state index contributed by atoms with van der Waals surface area (Å²) < 4.78 is 0. The molecule has 0 radical (unpaired) electrons. The number of nitrogens with zero attached hydrogens (tertiary/aromatic N) is 1. The minimum Gasteiger partial charge on any atom is -0.348 e. The summed E-state index contributed by atoms with van der Waals surface area (Å²) in [4.78, 5) is 40.7. The molecule has 1 aliphatic heterocycles. The molecule has 1 atom stereocenters. The molecule has 0 bridgehead atoms. The SMILES string of the molecule is C[C@@H](NC(=O)CN1C(=O)NC(c2ccccc2)(c2ccccc2)C1=O)c1ccc2c(c1)CCCC2. The largest absolute Gasteiger partial charge is 0.348 e. The number of benzene rings is 3. The summed E-state index contributed by atoms with van der Waals surface area (Å²) in [6.45, 7) is 1.58. The molecule has 1 saturated heterocycles. The molecule has 2 N–H and O–H groups in total. The number of imide groups is 1. The van der Waals surface area contributed by atoms with Gasteiger partial charge in [0.2, 0.25) is 5.91 Å². The first kappa shape index (κ1) is 22.8. The summed E-state index contributed by atoms with van der Waals surface area (Å²) in [5.74, 6) is -0.841. The third kappa shape index (κ3) is 4.20. The third-order valence-corrected chi connectivity index (χ3v) is 7.07. The molecule has 1 aliphatic carbocycles. The average Bonchev–Trinajstić information content (AvgIpc) is 3.15. The van der Waals surface area contributed by atoms with E-state index in [0.29, 0.717) is 11.1 Å². The Labute approximate surface area is 205 Å². The van der Waals surface area contributed by atoms with Gasteiger partial charge >= 0.3 is 6.03 Å². The van der Waals surface area contributed by atoms with Gasteiger partial charge in [-0.3, -0.25) is 14.5 Å². The van der Waals surface area contributed by atoms with E-state index in [4.69, 9.17) is 0 Å². The van der Waals surface area contributed by atoms with Crippen molar-refractivity contribution in [1.82, 2.24) is 15.5 Å². The van der Waals surface area contributed by atoms with Gasteiger partial charge in [0.05, 0.1) is 6.04 Å². The average molecular weight is 468 g/mol. The number of carbonyl (C=O) groups excluding carboxylic acids is 3. The van der Waals surface area contributed by atoms with Gasteiger partial charge in [-0.05, 0) is 60.4 Å². The lowest BCUT2D eigenvalue weighted by Gasteiger charge is -2.28. The molecule has 2 aliphatic rings. The van der Waals surface area contributed by atoms with Crippen molar-refractivity contribution >= 4 is 17.8 Å². The summed E-state index contributed by atoms with van der Waals surface area (Å²) in [5.41, 5.74) is 3.68. The van der Waals surface area contributed by atoms with Gasteiger partial charge in [0.15, 0.2) is 5.54 Å². The molecule has 4 amide bonds. The molecule has 1 fully saturated rings. The van der Waals surface area contributed by atoms with Gasteiger partial charge in [-0.15, -0.1) is 0 Å². The van der Waals surface area contributed by atoms with E-state index in [1.165, 1.54) is 24.0 Å². The Morgan fingerprint density at radius 2 is 1.51 bits per heavy atom. The number of urea groups is 1. The second kappa shape index (κ2) is 9.37. The van der Waals surface area contributed by atoms with Gasteiger partial charge < -0.3 is 10.6 Å². The molecule has 0 unspecified atom stereocenters. The Morgan fingerprint density at radius 1 is 0.914 bits per heavy atom. The van der Waals surface area contributed by atoms with Crippen LogP contribution in [0.25, 0.3) is 0 Å². The molecular weight excluding hydrogens is 438 g/mol. The fourth-order valence-electron chi connectivity index (χ4n) is 5.19. The molecule has 6 heteroatoms. The fraction of sp³-hybridized carbons (Fsp3) is 0.276. The Kier molecular flexibility index (Phi) is 6.12. The zero-order valence-electron chi connectivity index (χ0n) is 19.8. The zero-order valence-corrected chi connectivity index (χ0v) is 19.8. The van der Waals surface area contributed by atoms with Crippen LogP contribution in [0.3, 0.4) is 0 Å². The second-order valence-corrected chi connectivity index (χ2v) is 9.33. The van der Waals surface area contributed by atoms with Gasteiger partial charge in [-0.25, -0.2) is 4.79 Å². The molecule has 0 aromatic heterocycles. The van der Waals surface area contributed by atoms with Crippen LogP contribution in [-0.4, -0.2) is 29.3 Å². The normalized spacial score (nSPS) is 17.5. The number of hydrogen-bond acceptors (Lipinski definition) is 3. The van der Waals surface area contributed by atoms with E-state index in [1.807, 2.05) is 67.6 Å². The minimum atomic E-state index is -1.37. The van der Waals surface area contributed by atoms with Crippen molar-refractivity contribution in [3.8, 4) is 0 Å². The predicted molar refractivity (Wildman–Crippen MR) is 134 cm³/mol. The quantitative estimate of drug-likeness (QED) is 0.533. The van der Waals surface area contributed by atoms with Gasteiger partial charge in [0.25, 0.3) is 5.91 Å². The van der Waals surface area contributed by atoms with Crippen molar-refractivity contribution in [2.75, 3.05) is 6.54 Å². The molecule has 178 valence electrons. The van der Waals surface area contributed by atoms with Crippen LogP contribution in [0.5, 0.6) is 0 Å². The van der Waals surface area contributed by atoms with E-state index in [1.54, 1.807) is 0 Å². The fourth-order valence-corrected chi connectivity index (χ4v) is 5.19. The van der Waals surface area contributed by atoms with Crippen molar-refractivity contribution in [3.63, 3.8) is 0 Å². The van der Waals surface area contributed by atoms with Crippen LogP contribution in [-0.2, 0) is 28.0 Å². The van der Waals surface area contributed by atoms with E-state index < -0.39 is 17.5 Å². The van der Waals surface area contributed by atoms with E-state index in [-0.39, 0.29) is 18.5 Å².